The molecule has 2 aromatic rings. The summed E-state index contributed by atoms with van der Waals surface area (Å²) in [5.41, 5.74) is 2.19. The van der Waals surface area contributed by atoms with Gasteiger partial charge in [0.05, 0.1) is 5.69 Å². The molecule has 1 aromatic heterocycles. The van der Waals surface area contributed by atoms with Crippen molar-refractivity contribution in [2.75, 3.05) is 0 Å². The molecule has 1 aromatic carbocycles. The maximum Gasteiger partial charge on any atom is 0.144 e. The van der Waals surface area contributed by atoms with Gasteiger partial charge >= 0.3 is 0 Å². The summed E-state index contributed by atoms with van der Waals surface area (Å²) in [7, 11) is 0. The monoisotopic (exact) mass is 187 g/mol. The van der Waals surface area contributed by atoms with E-state index in [0.717, 1.165) is 11.5 Å². The number of aryl methyl sites for hydroxylation is 1. The normalized spacial score (nSPS) is 12.7. The topological polar surface area (TPSA) is 26.0 Å². The predicted octanol–water partition coefficient (Wildman–Crippen LogP) is 3.13. The smallest absolute Gasteiger partial charge is 0.144 e. The average molecular weight is 187 g/mol. The summed E-state index contributed by atoms with van der Waals surface area (Å²) in [6.07, 6.45) is 0. The number of benzene rings is 1. The van der Waals surface area contributed by atoms with Gasteiger partial charge < -0.3 is 4.52 Å². The third-order valence-corrected chi connectivity index (χ3v) is 2.37. The van der Waals surface area contributed by atoms with E-state index in [1.165, 1.54) is 5.56 Å². The first-order valence-corrected chi connectivity index (χ1v) is 4.75. The van der Waals surface area contributed by atoms with E-state index >= 15 is 0 Å². The Balaban J connectivity index is 2.29. The maximum absolute atomic E-state index is 5.23. The van der Waals surface area contributed by atoms with E-state index < -0.39 is 0 Å². The Kier molecular flexibility index (Phi) is 2.35. The summed E-state index contributed by atoms with van der Waals surface area (Å²) in [6.45, 7) is 4.06. The Labute approximate surface area is 83.5 Å². The molecule has 2 nitrogen and oxygen atoms in total. The Morgan fingerprint density at radius 2 is 1.93 bits per heavy atom. The number of aromatic nitrogens is 1. The van der Waals surface area contributed by atoms with Crippen molar-refractivity contribution in [1.82, 2.24) is 5.16 Å². The molecule has 14 heavy (non-hydrogen) atoms. The predicted molar refractivity (Wildman–Crippen MR) is 55.2 cm³/mol. The highest BCUT2D eigenvalue weighted by Gasteiger charge is 2.12. The molecule has 1 unspecified atom stereocenters. The van der Waals surface area contributed by atoms with Gasteiger partial charge in [0.1, 0.15) is 5.76 Å². The number of nitrogens with zero attached hydrogens (tertiary/aromatic N) is 1. The van der Waals surface area contributed by atoms with E-state index in [2.05, 4.69) is 24.2 Å². The lowest BCUT2D eigenvalue weighted by Crippen LogP contribution is -1.92. The van der Waals surface area contributed by atoms with Crippen LogP contribution in [0, 0.1) is 6.92 Å². The number of rotatable bonds is 2. The first kappa shape index (κ1) is 9.00. The largest absolute Gasteiger partial charge is 0.361 e. The molecule has 0 aliphatic rings. The van der Waals surface area contributed by atoms with Crippen molar-refractivity contribution in [2.24, 2.45) is 0 Å². The van der Waals surface area contributed by atoms with Crippen LogP contribution in [0.25, 0.3) is 0 Å². The zero-order valence-corrected chi connectivity index (χ0v) is 8.40. The molecular formula is C12H13NO. The van der Waals surface area contributed by atoms with E-state index in [-0.39, 0.29) is 5.92 Å². The minimum absolute atomic E-state index is 0.275. The lowest BCUT2D eigenvalue weighted by molar-refractivity contribution is 0.372. The van der Waals surface area contributed by atoms with Gasteiger partial charge in [-0.15, -0.1) is 0 Å². The standard InChI is InChI=1S/C12H13NO/c1-9-8-12(14-13-9)10(2)11-6-4-3-5-7-11/h3-8,10H,1-2H3. The lowest BCUT2D eigenvalue weighted by atomic mass is 9.99. The molecule has 0 aliphatic heterocycles. The molecule has 0 aliphatic carbocycles. The van der Waals surface area contributed by atoms with E-state index in [4.69, 9.17) is 4.52 Å². The molecule has 72 valence electrons. The molecule has 1 atom stereocenters. The molecule has 1 heterocycles. The molecule has 0 bridgehead atoms. The average Bonchev–Trinajstić information content (AvgIpc) is 2.65. The van der Waals surface area contributed by atoms with Crippen LogP contribution in [0.4, 0.5) is 0 Å². The van der Waals surface area contributed by atoms with Gasteiger partial charge in [-0.2, -0.15) is 0 Å². The summed E-state index contributed by atoms with van der Waals surface area (Å²) < 4.78 is 5.23. The van der Waals surface area contributed by atoms with Crippen LogP contribution in [0.15, 0.2) is 40.9 Å². The molecule has 0 radical (unpaired) electrons. The maximum atomic E-state index is 5.23. The SMILES string of the molecule is Cc1cc(C(C)c2ccccc2)on1. The Hall–Kier alpha value is -1.57. The number of hydrogen-bond donors (Lipinski definition) is 0. The molecule has 0 spiro atoms. The first-order valence-electron chi connectivity index (χ1n) is 4.75. The fourth-order valence-electron chi connectivity index (χ4n) is 1.49. The van der Waals surface area contributed by atoms with Gasteiger partial charge in [0.25, 0.3) is 0 Å². The zero-order chi connectivity index (χ0) is 9.97. The van der Waals surface area contributed by atoms with Crippen LogP contribution in [-0.4, -0.2) is 5.16 Å². The fourth-order valence-corrected chi connectivity index (χ4v) is 1.49. The van der Waals surface area contributed by atoms with Gasteiger partial charge in [0, 0.05) is 12.0 Å². The van der Waals surface area contributed by atoms with Gasteiger partial charge in [-0.1, -0.05) is 42.4 Å². The second-order valence-electron chi connectivity index (χ2n) is 3.50. The van der Waals surface area contributed by atoms with E-state index in [0.29, 0.717) is 0 Å². The van der Waals surface area contributed by atoms with Crippen LogP contribution in [-0.2, 0) is 0 Å². The van der Waals surface area contributed by atoms with Crippen molar-refractivity contribution in [1.29, 1.82) is 0 Å². The van der Waals surface area contributed by atoms with Crippen LogP contribution in [0.3, 0.4) is 0 Å². The van der Waals surface area contributed by atoms with Crippen molar-refractivity contribution in [3.05, 3.63) is 53.4 Å². The fraction of sp³-hybridized carbons (Fsp3) is 0.250. The summed E-state index contributed by atoms with van der Waals surface area (Å²) >= 11 is 0. The lowest BCUT2D eigenvalue weighted by Gasteiger charge is -2.06. The van der Waals surface area contributed by atoms with Crippen LogP contribution in [0.1, 0.15) is 29.9 Å². The van der Waals surface area contributed by atoms with Gasteiger partial charge in [-0.3, -0.25) is 0 Å². The summed E-state index contributed by atoms with van der Waals surface area (Å²) in [5.74, 6) is 1.20. The third-order valence-electron chi connectivity index (χ3n) is 2.37. The molecule has 2 heteroatoms. The summed E-state index contributed by atoms with van der Waals surface area (Å²) in [5, 5.41) is 3.89. The van der Waals surface area contributed by atoms with Crippen molar-refractivity contribution in [3.8, 4) is 0 Å². The van der Waals surface area contributed by atoms with E-state index in [1.54, 1.807) is 0 Å². The van der Waals surface area contributed by atoms with Crippen LogP contribution in [0.5, 0.6) is 0 Å². The quantitative estimate of drug-likeness (QED) is 0.721. The molecule has 0 fully saturated rings. The minimum atomic E-state index is 0.275. The highest BCUT2D eigenvalue weighted by Crippen LogP contribution is 2.23. The molecule has 0 saturated carbocycles. The Morgan fingerprint density at radius 1 is 1.21 bits per heavy atom. The van der Waals surface area contributed by atoms with E-state index in [9.17, 15) is 0 Å². The molecular weight excluding hydrogens is 174 g/mol. The van der Waals surface area contributed by atoms with Crippen LogP contribution < -0.4 is 0 Å². The first-order chi connectivity index (χ1) is 6.77. The van der Waals surface area contributed by atoms with Crippen LogP contribution >= 0.6 is 0 Å². The molecule has 0 N–H and O–H groups in total. The van der Waals surface area contributed by atoms with Crippen molar-refractivity contribution >= 4 is 0 Å². The third kappa shape index (κ3) is 1.69. The van der Waals surface area contributed by atoms with Crippen molar-refractivity contribution < 1.29 is 4.52 Å². The van der Waals surface area contributed by atoms with Gasteiger partial charge in [-0.25, -0.2) is 0 Å². The second-order valence-corrected chi connectivity index (χ2v) is 3.50. The van der Waals surface area contributed by atoms with Crippen molar-refractivity contribution in [2.45, 2.75) is 19.8 Å². The molecule has 0 amide bonds. The van der Waals surface area contributed by atoms with Gasteiger partial charge in [-0.05, 0) is 12.5 Å². The van der Waals surface area contributed by atoms with E-state index in [1.807, 2.05) is 31.2 Å². The van der Waals surface area contributed by atoms with Gasteiger partial charge in [0.2, 0.25) is 0 Å². The van der Waals surface area contributed by atoms with Gasteiger partial charge in [0.15, 0.2) is 0 Å². The summed E-state index contributed by atoms with van der Waals surface area (Å²) in [6, 6.07) is 12.3. The Morgan fingerprint density at radius 3 is 2.50 bits per heavy atom. The molecule has 0 saturated heterocycles. The van der Waals surface area contributed by atoms with Crippen LogP contribution in [0.2, 0.25) is 0 Å². The van der Waals surface area contributed by atoms with Crippen molar-refractivity contribution in [3.63, 3.8) is 0 Å². The summed E-state index contributed by atoms with van der Waals surface area (Å²) in [4.78, 5) is 0. The second kappa shape index (κ2) is 3.66. The number of hydrogen-bond acceptors (Lipinski definition) is 2. The highest BCUT2D eigenvalue weighted by molar-refractivity contribution is 5.26. The Bertz CT molecular complexity index is 405. The highest BCUT2D eigenvalue weighted by atomic mass is 16.5. The molecule has 2 rings (SSSR count). The zero-order valence-electron chi connectivity index (χ0n) is 8.40. The minimum Gasteiger partial charge on any atom is -0.361 e.